The van der Waals surface area contributed by atoms with Crippen molar-refractivity contribution in [3.8, 4) is 16.8 Å². The van der Waals surface area contributed by atoms with Crippen LogP contribution in [0.4, 0.5) is 51.2 Å². The van der Waals surface area contributed by atoms with E-state index in [2.05, 4.69) is 310 Å². The number of fused-ring (bicyclic) bond motifs is 10. The van der Waals surface area contributed by atoms with E-state index < -0.39 is 0 Å². The summed E-state index contributed by atoms with van der Waals surface area (Å²) in [6, 6.07) is 108. The Morgan fingerprint density at radius 1 is 0.256 bits per heavy atom. The fraction of sp³-hybridized carbons (Fsp3) is 0. The number of anilines is 9. The number of nitrogens with zero attached hydrogens (tertiary/aromatic N) is 4. The van der Waals surface area contributed by atoms with Gasteiger partial charge >= 0.3 is 0 Å². The van der Waals surface area contributed by atoms with Crippen LogP contribution in [-0.4, -0.2) is 4.57 Å². The Hall–Kier alpha value is -11.1. The number of furan rings is 2. The number of benzene rings is 13. The second-order valence-corrected chi connectivity index (χ2v) is 20.9. The molecule has 0 saturated carbocycles. The molecule has 0 saturated heterocycles. The van der Waals surface area contributed by atoms with Gasteiger partial charge in [-0.05, 0) is 161 Å². The molecule has 0 fully saturated rings. The third-order valence-corrected chi connectivity index (χ3v) is 16.1. The maximum absolute atomic E-state index is 7.24. The third kappa shape index (κ3) is 7.88. The Balaban J connectivity index is 0.913. The lowest BCUT2D eigenvalue weighted by atomic mass is 10.0. The minimum atomic E-state index is 0.773. The average molecular weight is 1050 g/mol. The molecule has 0 spiro atoms. The van der Waals surface area contributed by atoms with Gasteiger partial charge in [-0.25, -0.2) is 0 Å². The van der Waals surface area contributed by atoms with Gasteiger partial charge in [0.1, 0.15) is 16.7 Å². The highest BCUT2D eigenvalue weighted by Gasteiger charge is 2.26. The topological polar surface area (TPSA) is 40.9 Å². The molecule has 0 atom stereocenters. The van der Waals surface area contributed by atoms with Crippen molar-refractivity contribution in [3.05, 3.63) is 303 Å². The van der Waals surface area contributed by atoms with Crippen LogP contribution in [0.3, 0.4) is 0 Å². The van der Waals surface area contributed by atoms with Crippen LogP contribution in [0.5, 0.6) is 0 Å². The van der Waals surface area contributed by atoms with Gasteiger partial charge < -0.3 is 28.1 Å². The fourth-order valence-corrected chi connectivity index (χ4v) is 12.4. The molecule has 386 valence electrons. The molecule has 0 aliphatic rings. The van der Waals surface area contributed by atoms with E-state index in [0.29, 0.717) is 0 Å². The predicted octanol–water partition coefficient (Wildman–Crippen LogP) is 21.8. The highest BCUT2D eigenvalue weighted by Crippen LogP contribution is 2.50. The monoisotopic (exact) mass is 1050 g/mol. The maximum Gasteiger partial charge on any atom is 0.159 e. The maximum atomic E-state index is 7.24. The van der Waals surface area contributed by atoms with Gasteiger partial charge in [0.15, 0.2) is 5.58 Å². The number of hydrogen-bond acceptors (Lipinski definition) is 5. The molecule has 6 nitrogen and oxygen atoms in total. The minimum absolute atomic E-state index is 0.773. The zero-order chi connectivity index (χ0) is 54.1. The van der Waals surface area contributed by atoms with Crippen LogP contribution in [0.2, 0.25) is 0 Å². The Kier molecular flexibility index (Phi) is 11.1. The van der Waals surface area contributed by atoms with Crippen LogP contribution in [-0.2, 0) is 0 Å². The molecule has 0 aliphatic heterocycles. The lowest BCUT2D eigenvalue weighted by Crippen LogP contribution is -2.13. The molecule has 16 aromatic rings. The van der Waals surface area contributed by atoms with E-state index in [-0.39, 0.29) is 0 Å². The van der Waals surface area contributed by atoms with E-state index >= 15 is 0 Å². The zero-order valence-corrected chi connectivity index (χ0v) is 44.5. The Bertz CT molecular complexity index is 5070. The van der Waals surface area contributed by atoms with Crippen molar-refractivity contribution in [2.75, 3.05) is 14.7 Å². The molecule has 3 heterocycles. The molecular formula is C76H50N4O2. The Morgan fingerprint density at radius 3 is 1.56 bits per heavy atom. The largest absolute Gasteiger partial charge is 0.456 e. The van der Waals surface area contributed by atoms with Crippen LogP contribution in [0, 0.1) is 0 Å². The summed E-state index contributed by atoms with van der Waals surface area (Å²) in [5.74, 6) is 0. The second-order valence-electron chi connectivity index (χ2n) is 20.9. The average Bonchev–Trinajstić information content (AvgIpc) is 3.90. The molecule has 0 unspecified atom stereocenters. The highest BCUT2D eigenvalue weighted by molar-refractivity contribution is 6.17. The second kappa shape index (κ2) is 19.4. The normalized spacial score (nSPS) is 11.7. The number of aromatic nitrogens is 1. The van der Waals surface area contributed by atoms with Gasteiger partial charge in [-0.3, -0.25) is 0 Å². The zero-order valence-electron chi connectivity index (χ0n) is 44.5. The first-order valence-electron chi connectivity index (χ1n) is 27.8. The van der Waals surface area contributed by atoms with E-state index in [9.17, 15) is 0 Å². The molecule has 0 amide bonds. The summed E-state index contributed by atoms with van der Waals surface area (Å²) in [5.41, 5.74) is 18.0. The molecule has 6 heteroatoms. The van der Waals surface area contributed by atoms with Crippen molar-refractivity contribution in [2.45, 2.75) is 0 Å². The SMILES string of the molecule is c1ccc(N(c2ccc3ccccc3c2)c2cc(N(c3ccccc3)c3ccc4oc5ccccc5c4c3)c3oc4ccc(-c5cccc(N(c6ccccc6)c6cccc7c6c6ccccc6n7-c6ccccc6)c5)cc4c3c2)cc1. The van der Waals surface area contributed by atoms with Crippen molar-refractivity contribution in [3.63, 3.8) is 0 Å². The van der Waals surface area contributed by atoms with Crippen LogP contribution in [0.1, 0.15) is 0 Å². The molecule has 0 radical (unpaired) electrons. The van der Waals surface area contributed by atoms with Gasteiger partial charge in [0.05, 0.1) is 22.4 Å². The smallest absolute Gasteiger partial charge is 0.159 e. The first kappa shape index (κ1) is 47.0. The van der Waals surface area contributed by atoms with Crippen molar-refractivity contribution >= 4 is 128 Å². The molecule has 13 aromatic carbocycles. The molecule has 82 heavy (non-hydrogen) atoms. The predicted molar refractivity (Wildman–Crippen MR) is 342 cm³/mol. The van der Waals surface area contributed by atoms with E-state index in [1.54, 1.807) is 0 Å². The van der Waals surface area contributed by atoms with E-state index in [0.717, 1.165) is 128 Å². The minimum Gasteiger partial charge on any atom is -0.456 e. The van der Waals surface area contributed by atoms with Crippen LogP contribution >= 0.6 is 0 Å². The van der Waals surface area contributed by atoms with E-state index in [1.807, 2.05) is 12.1 Å². The lowest BCUT2D eigenvalue weighted by Gasteiger charge is -2.29. The summed E-state index contributed by atoms with van der Waals surface area (Å²) >= 11 is 0. The molecular weight excluding hydrogens is 1000 g/mol. The van der Waals surface area contributed by atoms with Crippen molar-refractivity contribution < 1.29 is 8.83 Å². The molecule has 0 N–H and O–H groups in total. The Labute approximate surface area is 473 Å². The highest BCUT2D eigenvalue weighted by atomic mass is 16.3. The van der Waals surface area contributed by atoms with Gasteiger partial charge in [0.25, 0.3) is 0 Å². The van der Waals surface area contributed by atoms with Gasteiger partial charge in [0.2, 0.25) is 0 Å². The summed E-state index contributed by atoms with van der Waals surface area (Å²) in [4.78, 5) is 7.11. The standard InChI is InChI=1S/C76H50N4O2/c1-5-24-55(25-6-1)77(60-41-39-51-21-13-14-22-52(51)45-60)62-49-67-65-47-54(40-43-74(65)82-76(67)71(50-62)79(57-28-9-3-10-29-57)61-42-44-73-66(48-61)63-33-16-18-38-72(63)81-73)53-23-19-32-59(46-53)78(56-26-7-2-8-27-56)69-36-20-37-70-75(69)64-34-15-17-35-68(64)80(70)58-30-11-4-12-31-58/h1-50H. The van der Waals surface area contributed by atoms with Crippen LogP contribution < -0.4 is 14.7 Å². The molecule has 3 aromatic heterocycles. The van der Waals surface area contributed by atoms with Gasteiger partial charge in [-0.2, -0.15) is 0 Å². The van der Waals surface area contributed by atoms with Crippen LogP contribution in [0.25, 0.3) is 93.3 Å². The summed E-state index contributed by atoms with van der Waals surface area (Å²) < 4.78 is 16.0. The fourth-order valence-electron chi connectivity index (χ4n) is 12.4. The van der Waals surface area contributed by atoms with Crippen LogP contribution in [0.15, 0.2) is 312 Å². The van der Waals surface area contributed by atoms with E-state index in [4.69, 9.17) is 8.83 Å². The first-order chi connectivity index (χ1) is 40.7. The quantitative estimate of drug-likeness (QED) is 0.129. The number of rotatable bonds is 11. The molecule has 0 bridgehead atoms. The van der Waals surface area contributed by atoms with Gasteiger partial charge in [-0.1, -0.05) is 164 Å². The number of hydrogen-bond donors (Lipinski definition) is 0. The van der Waals surface area contributed by atoms with Gasteiger partial charge in [-0.15, -0.1) is 0 Å². The summed E-state index contributed by atoms with van der Waals surface area (Å²) in [5, 5.41) is 8.84. The molecule has 0 aliphatic carbocycles. The molecule has 16 rings (SSSR count). The van der Waals surface area contributed by atoms with Crippen molar-refractivity contribution in [2.24, 2.45) is 0 Å². The number of para-hydroxylation sites is 6. The lowest BCUT2D eigenvalue weighted by molar-refractivity contribution is 0.669. The van der Waals surface area contributed by atoms with Crippen molar-refractivity contribution in [1.82, 2.24) is 4.57 Å². The first-order valence-corrected chi connectivity index (χ1v) is 27.8. The summed E-state index contributed by atoms with van der Waals surface area (Å²) in [7, 11) is 0. The van der Waals surface area contributed by atoms with Crippen molar-refractivity contribution in [1.29, 1.82) is 0 Å². The summed E-state index contributed by atoms with van der Waals surface area (Å²) in [6.45, 7) is 0. The van der Waals surface area contributed by atoms with E-state index in [1.165, 1.54) is 16.2 Å². The third-order valence-electron chi connectivity index (χ3n) is 16.1. The summed E-state index contributed by atoms with van der Waals surface area (Å²) in [6.07, 6.45) is 0. The Morgan fingerprint density at radius 2 is 0.780 bits per heavy atom. The van der Waals surface area contributed by atoms with Gasteiger partial charge in [0, 0.05) is 77.8 Å².